The number of aromatic nitrogens is 1. The van der Waals surface area contributed by atoms with Crippen LogP contribution in [0.5, 0.6) is 0 Å². The summed E-state index contributed by atoms with van der Waals surface area (Å²) in [5.74, 6) is -1.07. The third kappa shape index (κ3) is 4.80. The molecule has 0 aliphatic rings. The fraction of sp³-hybridized carbons (Fsp3) is 0.143. The van der Waals surface area contributed by atoms with Gasteiger partial charge in [-0.25, -0.2) is 12.8 Å². The van der Waals surface area contributed by atoms with Gasteiger partial charge in [0.2, 0.25) is 0 Å². The lowest BCUT2D eigenvalue weighted by Gasteiger charge is -2.11. The number of carbonyl (C=O) groups is 1. The molecule has 144 valence electrons. The summed E-state index contributed by atoms with van der Waals surface area (Å²) in [5, 5.41) is 2.79. The van der Waals surface area contributed by atoms with E-state index >= 15 is 0 Å². The summed E-state index contributed by atoms with van der Waals surface area (Å²) in [6.07, 6.45) is 3.31. The normalized spacial score (nSPS) is 11.2. The number of pyridine rings is 1. The standard InChI is InChI=1S/C21H19FN2O3S/c1-15-4-5-17(21(25)24-13-16-3-2-10-23-12-16)11-18(15)14-28(26,27)20-8-6-19(22)7-9-20/h2-12H,13-14H2,1H3,(H,24,25). The van der Waals surface area contributed by atoms with Gasteiger partial charge < -0.3 is 5.32 Å². The molecule has 7 heteroatoms. The predicted molar refractivity (Wildman–Crippen MR) is 104 cm³/mol. The van der Waals surface area contributed by atoms with Gasteiger partial charge in [-0.2, -0.15) is 0 Å². The van der Waals surface area contributed by atoms with E-state index in [-0.39, 0.29) is 16.6 Å². The number of amides is 1. The van der Waals surface area contributed by atoms with Crippen molar-refractivity contribution in [3.8, 4) is 0 Å². The Bertz CT molecular complexity index is 1080. The molecular weight excluding hydrogens is 379 g/mol. The van der Waals surface area contributed by atoms with Crippen LogP contribution in [-0.2, 0) is 22.1 Å². The van der Waals surface area contributed by atoms with Crippen molar-refractivity contribution < 1.29 is 17.6 Å². The van der Waals surface area contributed by atoms with Gasteiger partial charge in [0.25, 0.3) is 5.91 Å². The van der Waals surface area contributed by atoms with Crippen molar-refractivity contribution in [3.63, 3.8) is 0 Å². The second kappa shape index (κ2) is 8.31. The number of halogens is 1. The quantitative estimate of drug-likeness (QED) is 0.646. The lowest BCUT2D eigenvalue weighted by molar-refractivity contribution is 0.0950. The second-order valence-electron chi connectivity index (χ2n) is 6.40. The molecule has 0 radical (unpaired) electrons. The van der Waals surface area contributed by atoms with Crippen LogP contribution in [0, 0.1) is 12.7 Å². The Balaban J connectivity index is 1.77. The van der Waals surface area contributed by atoms with Crippen LogP contribution in [0.15, 0.2) is 71.9 Å². The molecule has 0 fully saturated rings. The molecular formula is C21H19FN2O3S. The van der Waals surface area contributed by atoms with Gasteiger partial charge in [-0.05, 0) is 66.1 Å². The Hall–Kier alpha value is -3.06. The largest absolute Gasteiger partial charge is 0.348 e. The van der Waals surface area contributed by atoms with Crippen LogP contribution in [0.25, 0.3) is 0 Å². The molecule has 5 nitrogen and oxygen atoms in total. The molecule has 1 amide bonds. The number of nitrogens with one attached hydrogen (secondary N) is 1. The molecule has 3 rings (SSSR count). The summed E-state index contributed by atoms with van der Waals surface area (Å²) in [5.41, 5.74) is 2.52. The number of carbonyl (C=O) groups excluding carboxylic acids is 1. The van der Waals surface area contributed by atoms with Crippen molar-refractivity contribution in [3.05, 3.63) is 95.1 Å². The van der Waals surface area contributed by atoms with Crippen molar-refractivity contribution >= 4 is 15.7 Å². The van der Waals surface area contributed by atoms with Crippen molar-refractivity contribution in [2.24, 2.45) is 0 Å². The zero-order valence-electron chi connectivity index (χ0n) is 15.2. The van der Waals surface area contributed by atoms with Crippen molar-refractivity contribution in [1.29, 1.82) is 0 Å². The van der Waals surface area contributed by atoms with Gasteiger partial charge in [-0.15, -0.1) is 0 Å². The van der Waals surface area contributed by atoms with Gasteiger partial charge in [0, 0.05) is 24.5 Å². The summed E-state index contributed by atoms with van der Waals surface area (Å²) < 4.78 is 38.3. The van der Waals surface area contributed by atoms with E-state index in [1.807, 2.05) is 6.07 Å². The fourth-order valence-electron chi connectivity index (χ4n) is 2.69. The second-order valence-corrected chi connectivity index (χ2v) is 8.39. The third-order valence-corrected chi connectivity index (χ3v) is 5.99. The van der Waals surface area contributed by atoms with Crippen LogP contribution in [0.2, 0.25) is 0 Å². The summed E-state index contributed by atoms with van der Waals surface area (Å²) in [4.78, 5) is 16.5. The first-order valence-corrected chi connectivity index (χ1v) is 10.3. The van der Waals surface area contributed by atoms with Crippen LogP contribution in [0.1, 0.15) is 27.0 Å². The summed E-state index contributed by atoms with van der Waals surface area (Å²) in [6.45, 7) is 2.11. The van der Waals surface area contributed by atoms with E-state index in [2.05, 4.69) is 10.3 Å². The minimum atomic E-state index is -3.66. The lowest BCUT2D eigenvalue weighted by Crippen LogP contribution is -2.23. The number of hydrogen-bond donors (Lipinski definition) is 1. The molecule has 0 aliphatic heterocycles. The van der Waals surface area contributed by atoms with Crippen molar-refractivity contribution in [2.45, 2.75) is 24.1 Å². The van der Waals surface area contributed by atoms with Crippen LogP contribution in [0.4, 0.5) is 4.39 Å². The zero-order chi connectivity index (χ0) is 20.1. The number of rotatable bonds is 6. The summed E-state index contributed by atoms with van der Waals surface area (Å²) >= 11 is 0. The SMILES string of the molecule is Cc1ccc(C(=O)NCc2cccnc2)cc1CS(=O)(=O)c1ccc(F)cc1. The van der Waals surface area contributed by atoms with Gasteiger partial charge in [-0.1, -0.05) is 12.1 Å². The molecule has 0 saturated carbocycles. The molecule has 0 atom stereocenters. The molecule has 3 aromatic rings. The molecule has 1 heterocycles. The summed E-state index contributed by atoms with van der Waals surface area (Å²) in [7, 11) is -3.66. The molecule has 28 heavy (non-hydrogen) atoms. The average molecular weight is 398 g/mol. The maximum absolute atomic E-state index is 13.1. The third-order valence-electron chi connectivity index (χ3n) is 4.31. The smallest absolute Gasteiger partial charge is 0.251 e. The van der Waals surface area contributed by atoms with E-state index in [0.717, 1.165) is 23.3 Å². The van der Waals surface area contributed by atoms with E-state index in [9.17, 15) is 17.6 Å². The Morgan fingerprint density at radius 1 is 1.11 bits per heavy atom. The highest BCUT2D eigenvalue weighted by Crippen LogP contribution is 2.20. The molecule has 0 aliphatic carbocycles. The van der Waals surface area contributed by atoms with E-state index in [1.54, 1.807) is 43.6 Å². The van der Waals surface area contributed by atoms with Gasteiger partial charge >= 0.3 is 0 Å². The Morgan fingerprint density at radius 3 is 2.54 bits per heavy atom. The average Bonchev–Trinajstić information content (AvgIpc) is 2.69. The monoisotopic (exact) mass is 398 g/mol. The number of aryl methyl sites for hydroxylation is 1. The number of benzene rings is 2. The molecule has 0 spiro atoms. The Kier molecular flexibility index (Phi) is 5.84. The van der Waals surface area contributed by atoms with E-state index in [0.29, 0.717) is 17.7 Å². The zero-order valence-corrected chi connectivity index (χ0v) is 16.0. The number of nitrogens with zero attached hydrogens (tertiary/aromatic N) is 1. The maximum Gasteiger partial charge on any atom is 0.251 e. The maximum atomic E-state index is 13.1. The van der Waals surface area contributed by atoms with Crippen LogP contribution >= 0.6 is 0 Å². The minimum absolute atomic E-state index is 0.0414. The predicted octanol–water partition coefficient (Wildman–Crippen LogP) is 3.43. The van der Waals surface area contributed by atoms with Gasteiger partial charge in [0.15, 0.2) is 9.84 Å². The fourth-order valence-corrected chi connectivity index (χ4v) is 4.12. The molecule has 1 N–H and O–H groups in total. The molecule has 0 unspecified atom stereocenters. The van der Waals surface area contributed by atoms with Crippen LogP contribution in [0.3, 0.4) is 0 Å². The van der Waals surface area contributed by atoms with E-state index < -0.39 is 15.7 Å². The van der Waals surface area contributed by atoms with E-state index in [4.69, 9.17) is 0 Å². The summed E-state index contributed by atoms with van der Waals surface area (Å²) in [6, 6.07) is 13.3. The van der Waals surface area contributed by atoms with Crippen molar-refractivity contribution in [2.75, 3.05) is 0 Å². The Labute approximate surface area is 163 Å². The topological polar surface area (TPSA) is 76.1 Å². The molecule has 0 bridgehead atoms. The van der Waals surface area contributed by atoms with Crippen LogP contribution in [-0.4, -0.2) is 19.3 Å². The molecule has 2 aromatic carbocycles. The van der Waals surface area contributed by atoms with Crippen molar-refractivity contribution in [1.82, 2.24) is 10.3 Å². The first-order chi connectivity index (χ1) is 13.3. The Morgan fingerprint density at radius 2 is 1.86 bits per heavy atom. The van der Waals surface area contributed by atoms with Crippen LogP contribution < -0.4 is 5.32 Å². The highest BCUT2D eigenvalue weighted by Gasteiger charge is 2.18. The lowest BCUT2D eigenvalue weighted by atomic mass is 10.1. The highest BCUT2D eigenvalue weighted by molar-refractivity contribution is 7.90. The first-order valence-electron chi connectivity index (χ1n) is 8.60. The van der Waals surface area contributed by atoms with Gasteiger partial charge in [-0.3, -0.25) is 9.78 Å². The number of sulfone groups is 1. The molecule has 0 saturated heterocycles. The first kappa shape index (κ1) is 19.7. The molecule has 1 aromatic heterocycles. The minimum Gasteiger partial charge on any atom is -0.348 e. The number of hydrogen-bond acceptors (Lipinski definition) is 4. The van der Waals surface area contributed by atoms with E-state index in [1.165, 1.54) is 12.1 Å². The van der Waals surface area contributed by atoms with Gasteiger partial charge in [0.1, 0.15) is 5.82 Å². The van der Waals surface area contributed by atoms with Gasteiger partial charge in [0.05, 0.1) is 10.6 Å². The highest BCUT2D eigenvalue weighted by atomic mass is 32.2.